The first-order chi connectivity index (χ1) is 11.2. The first-order valence-corrected chi connectivity index (χ1v) is 9.67. The van der Waals surface area contributed by atoms with Gasteiger partial charge < -0.3 is 0 Å². The Morgan fingerprint density at radius 2 is 1.65 bits per heavy atom. The van der Waals surface area contributed by atoms with Gasteiger partial charge in [-0.05, 0) is 80.4 Å². The molecule has 1 unspecified atom stereocenters. The van der Waals surface area contributed by atoms with Gasteiger partial charge in [0, 0.05) is 0 Å². The average molecular weight is 314 g/mol. The minimum absolute atomic E-state index is 0.133. The van der Waals surface area contributed by atoms with Crippen molar-refractivity contribution in [2.24, 2.45) is 17.8 Å². The van der Waals surface area contributed by atoms with E-state index in [1.165, 1.54) is 56.9 Å². The Labute approximate surface area is 141 Å². The third-order valence-electron chi connectivity index (χ3n) is 6.33. The van der Waals surface area contributed by atoms with Crippen LogP contribution in [-0.2, 0) is 6.42 Å². The zero-order chi connectivity index (χ0) is 16.1. The molecular weight excluding hydrogens is 283 g/mol. The Hall–Kier alpha value is -1.11. The lowest BCUT2D eigenvalue weighted by atomic mass is 9.71. The maximum Gasteiger partial charge on any atom is 0.123 e. The maximum atomic E-state index is 12.9. The molecule has 0 saturated heterocycles. The average Bonchev–Trinajstić information content (AvgIpc) is 2.62. The van der Waals surface area contributed by atoms with Gasteiger partial charge in [0.05, 0.1) is 0 Å². The molecule has 3 rings (SSSR count). The summed E-state index contributed by atoms with van der Waals surface area (Å²) < 4.78 is 12.9. The molecule has 0 radical (unpaired) electrons. The molecule has 0 bridgehead atoms. The predicted octanol–water partition coefficient (Wildman–Crippen LogP) is 6.70. The van der Waals surface area contributed by atoms with E-state index in [4.69, 9.17) is 0 Å². The summed E-state index contributed by atoms with van der Waals surface area (Å²) in [6, 6.07) is 7.00. The highest BCUT2D eigenvalue weighted by molar-refractivity contribution is 5.18. The van der Waals surface area contributed by atoms with Gasteiger partial charge in [0.1, 0.15) is 5.82 Å². The largest absolute Gasteiger partial charge is 0.207 e. The number of hydrogen-bond donors (Lipinski definition) is 0. The molecule has 2 aliphatic rings. The normalized spacial score (nSPS) is 28.4. The van der Waals surface area contributed by atoms with Gasteiger partial charge in [0.15, 0.2) is 0 Å². The second kappa shape index (κ2) is 8.13. The Bertz CT molecular complexity index is 505. The number of aryl methyl sites for hydroxylation is 1. The summed E-state index contributed by atoms with van der Waals surface area (Å²) in [6.07, 6.45) is 16.0. The maximum absolute atomic E-state index is 12.9. The highest BCUT2D eigenvalue weighted by atomic mass is 19.1. The van der Waals surface area contributed by atoms with E-state index in [1.54, 1.807) is 17.7 Å². The second-order valence-electron chi connectivity index (χ2n) is 7.71. The van der Waals surface area contributed by atoms with Crippen molar-refractivity contribution in [2.75, 3.05) is 0 Å². The molecule has 2 aliphatic carbocycles. The molecule has 23 heavy (non-hydrogen) atoms. The summed E-state index contributed by atoms with van der Waals surface area (Å²) >= 11 is 0. The summed E-state index contributed by atoms with van der Waals surface area (Å²) in [7, 11) is 0. The van der Waals surface area contributed by atoms with E-state index >= 15 is 0 Å². The Morgan fingerprint density at radius 1 is 0.913 bits per heavy atom. The van der Waals surface area contributed by atoms with Crippen LogP contribution in [0.25, 0.3) is 0 Å². The number of benzene rings is 1. The Kier molecular flexibility index (Phi) is 5.91. The first kappa shape index (κ1) is 16.7. The van der Waals surface area contributed by atoms with Gasteiger partial charge in [0.2, 0.25) is 0 Å². The van der Waals surface area contributed by atoms with E-state index in [0.29, 0.717) is 0 Å². The molecule has 0 heterocycles. The van der Waals surface area contributed by atoms with Crippen molar-refractivity contribution < 1.29 is 4.39 Å². The zero-order valence-electron chi connectivity index (χ0n) is 14.6. The summed E-state index contributed by atoms with van der Waals surface area (Å²) in [6.45, 7) is 2.35. The molecule has 0 N–H and O–H groups in total. The van der Waals surface area contributed by atoms with Crippen LogP contribution < -0.4 is 0 Å². The number of halogens is 1. The van der Waals surface area contributed by atoms with Gasteiger partial charge >= 0.3 is 0 Å². The van der Waals surface area contributed by atoms with Gasteiger partial charge in [-0.15, -0.1) is 0 Å². The lowest BCUT2D eigenvalue weighted by Crippen LogP contribution is -2.23. The van der Waals surface area contributed by atoms with Crippen LogP contribution in [0.4, 0.5) is 4.39 Å². The smallest absolute Gasteiger partial charge is 0.123 e. The highest BCUT2D eigenvalue weighted by Crippen LogP contribution is 2.40. The van der Waals surface area contributed by atoms with E-state index in [2.05, 4.69) is 13.0 Å². The van der Waals surface area contributed by atoms with Crippen LogP contribution in [0.3, 0.4) is 0 Å². The Balaban J connectivity index is 1.44. The lowest BCUT2D eigenvalue weighted by molar-refractivity contribution is 0.189. The van der Waals surface area contributed by atoms with Crippen molar-refractivity contribution in [2.45, 2.75) is 71.1 Å². The molecule has 1 aromatic carbocycles. The molecule has 1 atom stereocenters. The quantitative estimate of drug-likeness (QED) is 0.530. The van der Waals surface area contributed by atoms with Crippen molar-refractivity contribution in [1.82, 2.24) is 0 Å². The minimum atomic E-state index is -0.133. The SMILES string of the molecule is CC[C@H]1CC[C@H](C2CC=C(CCc3ccc(F)cc3)CC2)CC1. The third-order valence-corrected chi connectivity index (χ3v) is 6.33. The molecule has 1 saturated carbocycles. The van der Waals surface area contributed by atoms with Gasteiger partial charge in [-0.25, -0.2) is 4.39 Å². The van der Waals surface area contributed by atoms with Crippen LogP contribution in [0.15, 0.2) is 35.9 Å². The third kappa shape index (κ3) is 4.68. The fraction of sp³-hybridized carbons (Fsp3) is 0.636. The number of hydrogen-bond acceptors (Lipinski definition) is 0. The van der Waals surface area contributed by atoms with Crippen LogP contribution in [-0.4, -0.2) is 0 Å². The molecular formula is C22H31F. The fourth-order valence-corrected chi connectivity index (χ4v) is 4.59. The van der Waals surface area contributed by atoms with Crippen LogP contribution in [0.5, 0.6) is 0 Å². The molecule has 1 aromatic rings. The minimum Gasteiger partial charge on any atom is -0.207 e. The second-order valence-corrected chi connectivity index (χ2v) is 7.71. The van der Waals surface area contributed by atoms with E-state index in [0.717, 1.165) is 30.6 Å². The molecule has 1 fully saturated rings. The standard InChI is InChI=1S/C22H31F/c1-2-17-5-11-20(12-6-17)21-13-7-18(8-14-21)3-4-19-9-15-22(23)16-10-19/h7,9-10,15-17,20-21H,2-6,8,11-14H2,1H3/t17-,20-,21?. The van der Waals surface area contributed by atoms with Crippen molar-refractivity contribution in [1.29, 1.82) is 0 Å². The lowest BCUT2D eigenvalue weighted by Gasteiger charge is -2.35. The zero-order valence-corrected chi connectivity index (χ0v) is 14.6. The summed E-state index contributed by atoms with van der Waals surface area (Å²) in [5.74, 6) is 2.82. The van der Waals surface area contributed by atoms with Crippen LogP contribution >= 0.6 is 0 Å². The fourth-order valence-electron chi connectivity index (χ4n) is 4.59. The first-order valence-electron chi connectivity index (χ1n) is 9.67. The monoisotopic (exact) mass is 314 g/mol. The summed E-state index contributed by atoms with van der Waals surface area (Å²) in [5, 5.41) is 0. The number of allylic oxidation sites excluding steroid dienone is 2. The summed E-state index contributed by atoms with van der Waals surface area (Å²) in [4.78, 5) is 0. The van der Waals surface area contributed by atoms with Crippen LogP contribution in [0, 0.1) is 23.6 Å². The van der Waals surface area contributed by atoms with Crippen LogP contribution in [0.1, 0.15) is 70.3 Å². The molecule has 0 aliphatic heterocycles. The topological polar surface area (TPSA) is 0 Å². The predicted molar refractivity (Wildman–Crippen MR) is 95.9 cm³/mol. The molecule has 0 nitrogen and oxygen atoms in total. The molecule has 0 spiro atoms. The number of rotatable bonds is 5. The van der Waals surface area contributed by atoms with Crippen molar-refractivity contribution in [3.63, 3.8) is 0 Å². The molecule has 0 amide bonds. The van der Waals surface area contributed by atoms with E-state index in [-0.39, 0.29) is 5.82 Å². The molecule has 1 heteroatoms. The van der Waals surface area contributed by atoms with Gasteiger partial charge in [-0.1, -0.05) is 50.0 Å². The van der Waals surface area contributed by atoms with Crippen molar-refractivity contribution in [3.05, 3.63) is 47.3 Å². The highest BCUT2D eigenvalue weighted by Gasteiger charge is 2.27. The van der Waals surface area contributed by atoms with Crippen molar-refractivity contribution in [3.8, 4) is 0 Å². The van der Waals surface area contributed by atoms with Crippen molar-refractivity contribution >= 4 is 0 Å². The summed E-state index contributed by atoms with van der Waals surface area (Å²) in [5.41, 5.74) is 2.89. The molecule has 126 valence electrons. The van der Waals surface area contributed by atoms with E-state index in [9.17, 15) is 4.39 Å². The van der Waals surface area contributed by atoms with Gasteiger partial charge in [0.25, 0.3) is 0 Å². The van der Waals surface area contributed by atoms with Gasteiger partial charge in [-0.2, -0.15) is 0 Å². The van der Waals surface area contributed by atoms with Gasteiger partial charge in [-0.3, -0.25) is 0 Å². The van der Waals surface area contributed by atoms with E-state index in [1.807, 2.05) is 12.1 Å². The Morgan fingerprint density at radius 3 is 2.26 bits per heavy atom. The van der Waals surface area contributed by atoms with Crippen LogP contribution in [0.2, 0.25) is 0 Å². The van der Waals surface area contributed by atoms with E-state index < -0.39 is 0 Å². The molecule has 0 aromatic heterocycles.